The van der Waals surface area contributed by atoms with Gasteiger partial charge >= 0.3 is 10.9 Å². The van der Waals surface area contributed by atoms with E-state index in [1.54, 1.807) is 18.3 Å². The van der Waals surface area contributed by atoms with E-state index in [0.717, 1.165) is 15.6 Å². The summed E-state index contributed by atoms with van der Waals surface area (Å²) in [5.74, 6) is -1.37. The number of β-lactam (4-membered cyclic amide) rings is 1. The van der Waals surface area contributed by atoms with Gasteiger partial charge in [0.05, 0.1) is 30.9 Å². The first kappa shape index (κ1) is 20.6. The quantitative estimate of drug-likeness (QED) is 0.276. The number of thioether (sulfide) groups is 1. The largest absolute Gasteiger partial charge is 1.00 e. The number of rotatable bonds is 5. The zero-order valence-corrected chi connectivity index (χ0v) is 18.8. The van der Waals surface area contributed by atoms with Crippen LogP contribution in [0.25, 0.3) is 4.96 Å². The summed E-state index contributed by atoms with van der Waals surface area (Å²) in [6.45, 7) is 3.53. The van der Waals surface area contributed by atoms with Gasteiger partial charge in [-0.2, -0.15) is 4.40 Å². The molecule has 0 spiro atoms. The van der Waals surface area contributed by atoms with Gasteiger partial charge in [-0.3, -0.25) is 4.79 Å². The summed E-state index contributed by atoms with van der Waals surface area (Å²) in [6, 6.07) is -0.261. The van der Waals surface area contributed by atoms with E-state index in [-0.39, 0.29) is 47.5 Å². The lowest BCUT2D eigenvalue weighted by Crippen LogP contribution is -3.00. The summed E-state index contributed by atoms with van der Waals surface area (Å²) in [5.41, 5.74) is 1.17. The Bertz CT molecular complexity index is 951. The van der Waals surface area contributed by atoms with Gasteiger partial charge in [0, 0.05) is 16.2 Å². The summed E-state index contributed by atoms with van der Waals surface area (Å²) < 4.78 is 4.13. The fourth-order valence-corrected chi connectivity index (χ4v) is 6.28. The SMILES string of the molecule is C[C@@H](O)[C@H]1C(=O)N2C(C(=O)O)=C(SCc3csc4n3cc[n+]4C)[C@H](C)[C@H]12.[I-]. The van der Waals surface area contributed by atoms with E-state index < -0.39 is 18.0 Å². The number of carbonyl (C=O) groups excluding carboxylic acids is 1. The topological polar surface area (TPSA) is 86.1 Å². The van der Waals surface area contributed by atoms with Crippen LogP contribution in [0.15, 0.2) is 28.4 Å². The zero-order valence-electron chi connectivity index (χ0n) is 15.0. The monoisotopic (exact) mass is 521 g/mol. The number of hydrogen-bond acceptors (Lipinski definition) is 5. The molecule has 2 aliphatic rings. The summed E-state index contributed by atoms with van der Waals surface area (Å²) in [5, 5.41) is 21.6. The molecule has 10 heteroatoms. The maximum Gasteiger partial charge on any atom is 0.353 e. The summed E-state index contributed by atoms with van der Waals surface area (Å²) >= 11 is 3.11. The van der Waals surface area contributed by atoms with Crippen LogP contribution in [0.5, 0.6) is 0 Å². The van der Waals surface area contributed by atoms with E-state index in [0.29, 0.717) is 5.75 Å². The van der Waals surface area contributed by atoms with Crippen molar-refractivity contribution in [3.8, 4) is 0 Å². The first-order valence-electron chi connectivity index (χ1n) is 8.37. The van der Waals surface area contributed by atoms with Crippen molar-refractivity contribution in [1.29, 1.82) is 0 Å². The van der Waals surface area contributed by atoms with E-state index in [1.165, 1.54) is 16.7 Å². The van der Waals surface area contributed by atoms with Crippen molar-refractivity contribution < 1.29 is 48.3 Å². The Labute approximate surface area is 181 Å². The highest BCUT2D eigenvalue weighted by atomic mass is 127. The second-order valence-electron chi connectivity index (χ2n) is 6.85. The molecule has 2 N–H and O–H groups in total. The third-order valence-corrected chi connectivity index (χ3v) is 7.65. The summed E-state index contributed by atoms with van der Waals surface area (Å²) in [7, 11) is 1.99. The molecule has 2 aliphatic heterocycles. The van der Waals surface area contributed by atoms with Gasteiger partial charge in [0.15, 0.2) is 0 Å². The minimum absolute atomic E-state index is 0. The number of aliphatic hydroxyl groups is 1. The molecule has 0 aromatic carbocycles. The molecule has 1 saturated heterocycles. The number of fused-ring (bicyclic) bond motifs is 2. The molecule has 0 bridgehead atoms. The summed E-state index contributed by atoms with van der Waals surface area (Å²) in [4.78, 5) is 27.4. The number of aryl methyl sites for hydroxylation is 1. The van der Waals surface area contributed by atoms with Crippen molar-refractivity contribution in [1.82, 2.24) is 9.30 Å². The lowest BCUT2D eigenvalue weighted by molar-refractivity contribution is -0.642. The van der Waals surface area contributed by atoms with Crippen molar-refractivity contribution in [2.75, 3.05) is 0 Å². The van der Waals surface area contributed by atoms with E-state index in [2.05, 4.69) is 9.78 Å². The number of amides is 1. The standard InChI is InChI=1S/C17H19N3O4S2.HI/c1-8-12-11(9(2)21)15(22)20(12)13(16(23)24)14(8)25-6-10-7-26-17-18(3)4-5-19(10)17;/h4-5,7-9,11-12,21H,6H2,1-3H3;1H/t8-,9-,11-,12-;/m1./s1. The number of carboxylic acids is 1. The van der Waals surface area contributed by atoms with E-state index >= 15 is 0 Å². The van der Waals surface area contributed by atoms with Crippen molar-refractivity contribution in [2.45, 2.75) is 31.7 Å². The highest BCUT2D eigenvalue weighted by molar-refractivity contribution is 8.02. The third-order valence-electron chi connectivity index (χ3n) is 5.24. The average molecular weight is 521 g/mol. The van der Waals surface area contributed by atoms with Gasteiger partial charge in [0.1, 0.15) is 23.8 Å². The van der Waals surface area contributed by atoms with Gasteiger partial charge in [-0.05, 0) is 6.92 Å². The molecular weight excluding hydrogens is 501 g/mol. The molecular formula is C17H20IN3O4S2. The Kier molecular flexibility index (Phi) is 5.63. The van der Waals surface area contributed by atoms with Gasteiger partial charge in [0.25, 0.3) is 0 Å². The summed E-state index contributed by atoms with van der Waals surface area (Å²) in [6.07, 6.45) is 3.20. The van der Waals surface area contributed by atoms with Gasteiger partial charge < -0.3 is 39.1 Å². The van der Waals surface area contributed by atoms with Crippen LogP contribution in [0, 0.1) is 11.8 Å². The third kappa shape index (κ3) is 3.00. The highest BCUT2D eigenvalue weighted by Gasteiger charge is 2.59. The molecule has 146 valence electrons. The maximum absolute atomic E-state index is 12.4. The predicted octanol–water partition coefficient (Wildman–Crippen LogP) is -1.78. The van der Waals surface area contributed by atoms with Crippen LogP contribution in [0.1, 0.15) is 19.5 Å². The van der Waals surface area contributed by atoms with E-state index in [9.17, 15) is 19.8 Å². The molecule has 2 aromatic rings. The predicted molar refractivity (Wildman–Crippen MR) is 97.4 cm³/mol. The van der Waals surface area contributed by atoms with E-state index in [4.69, 9.17) is 0 Å². The molecule has 4 rings (SSSR count). The number of aliphatic hydroxyl groups excluding tert-OH is 1. The second-order valence-corrected chi connectivity index (χ2v) is 8.70. The van der Waals surface area contributed by atoms with Crippen molar-refractivity contribution >= 4 is 39.9 Å². The number of thiazole rings is 1. The Morgan fingerprint density at radius 1 is 1.48 bits per heavy atom. The fourth-order valence-electron chi connectivity index (χ4n) is 3.97. The van der Waals surface area contributed by atoms with Crippen LogP contribution in [0.4, 0.5) is 0 Å². The first-order chi connectivity index (χ1) is 12.3. The number of aliphatic carboxylic acids is 1. The average Bonchev–Trinajstić information content (AvgIpc) is 3.19. The highest BCUT2D eigenvalue weighted by Crippen LogP contribution is 2.51. The second kappa shape index (κ2) is 7.37. The molecule has 1 amide bonds. The van der Waals surface area contributed by atoms with Gasteiger partial charge in [0.2, 0.25) is 5.91 Å². The first-order valence-corrected chi connectivity index (χ1v) is 10.2. The minimum Gasteiger partial charge on any atom is -1.00 e. The number of carbonyl (C=O) groups is 2. The number of hydrogen-bond donors (Lipinski definition) is 2. The molecule has 1 fully saturated rings. The van der Waals surface area contributed by atoms with Crippen LogP contribution in [-0.4, -0.2) is 43.5 Å². The maximum atomic E-state index is 12.4. The number of carboxylic acid groups (broad SMARTS) is 1. The lowest BCUT2D eigenvalue weighted by atomic mass is 9.79. The van der Waals surface area contributed by atoms with Gasteiger partial charge in [-0.1, -0.05) is 18.3 Å². The van der Waals surface area contributed by atoms with Crippen LogP contribution < -0.4 is 28.5 Å². The van der Waals surface area contributed by atoms with Crippen molar-refractivity contribution in [2.24, 2.45) is 18.9 Å². The number of aromatic nitrogens is 2. The zero-order chi connectivity index (χ0) is 18.7. The molecule has 0 unspecified atom stereocenters. The molecule has 7 nitrogen and oxygen atoms in total. The number of halogens is 1. The number of imidazole rings is 1. The molecule has 0 aliphatic carbocycles. The molecule has 2 aromatic heterocycles. The minimum atomic E-state index is -1.08. The Balaban J connectivity index is 0.00000210. The molecule has 0 radical (unpaired) electrons. The van der Waals surface area contributed by atoms with Crippen LogP contribution in [0.3, 0.4) is 0 Å². The van der Waals surface area contributed by atoms with Crippen molar-refractivity contribution in [3.63, 3.8) is 0 Å². The smallest absolute Gasteiger partial charge is 0.353 e. The Hall–Kier alpha value is -1.11. The van der Waals surface area contributed by atoms with E-state index in [1.807, 2.05) is 30.9 Å². The molecule has 4 atom stereocenters. The van der Waals surface area contributed by atoms with Gasteiger partial charge in [-0.15, -0.1) is 11.8 Å². The molecule has 0 saturated carbocycles. The lowest BCUT2D eigenvalue weighted by Gasteiger charge is -2.46. The Morgan fingerprint density at radius 2 is 2.19 bits per heavy atom. The molecule has 4 heterocycles. The molecule has 27 heavy (non-hydrogen) atoms. The fraction of sp³-hybridized carbons (Fsp3) is 0.471. The number of nitrogens with zero attached hydrogens (tertiary/aromatic N) is 3. The Morgan fingerprint density at radius 3 is 2.81 bits per heavy atom. The van der Waals surface area contributed by atoms with Gasteiger partial charge in [-0.25, -0.2) is 9.36 Å². The van der Waals surface area contributed by atoms with Crippen LogP contribution >= 0.6 is 23.1 Å². The van der Waals surface area contributed by atoms with Crippen molar-refractivity contribution in [3.05, 3.63) is 34.1 Å². The van der Waals surface area contributed by atoms with Crippen LogP contribution in [0.2, 0.25) is 0 Å². The normalized spacial score (nSPS) is 25.4. The van der Waals surface area contributed by atoms with Crippen LogP contribution in [-0.2, 0) is 22.4 Å².